The fourth-order valence-electron chi connectivity index (χ4n) is 5.50. The molecule has 3 aromatic carbocycles. The van der Waals surface area contributed by atoms with Crippen LogP contribution in [0.2, 0.25) is 10.0 Å². The molecule has 6 rings (SSSR count). The zero-order valence-corrected chi connectivity index (χ0v) is 20.5. The van der Waals surface area contributed by atoms with Crippen LogP contribution in [0.3, 0.4) is 0 Å². The number of nitrogens with one attached hydrogen (secondary N) is 1. The predicted octanol–water partition coefficient (Wildman–Crippen LogP) is 6.31. The van der Waals surface area contributed by atoms with E-state index in [-0.39, 0.29) is 16.8 Å². The highest BCUT2D eigenvalue weighted by atomic mass is 35.5. The van der Waals surface area contributed by atoms with Gasteiger partial charge in [0, 0.05) is 34.0 Å². The Morgan fingerprint density at radius 1 is 1.03 bits per heavy atom. The molecule has 2 aliphatic rings. The number of aromatic nitrogens is 1. The van der Waals surface area contributed by atoms with Crippen molar-refractivity contribution in [3.63, 3.8) is 0 Å². The van der Waals surface area contributed by atoms with Crippen LogP contribution in [-0.2, 0) is 10.3 Å². The van der Waals surface area contributed by atoms with Gasteiger partial charge in [-0.15, -0.1) is 0 Å². The second kappa shape index (κ2) is 7.77. The minimum Gasteiger partial charge on any atom is -0.496 e. The first-order chi connectivity index (χ1) is 16.9. The van der Waals surface area contributed by atoms with Crippen LogP contribution in [-0.4, -0.2) is 35.5 Å². The number of benzene rings is 3. The summed E-state index contributed by atoms with van der Waals surface area (Å²) in [5.41, 5.74) is 2.64. The van der Waals surface area contributed by atoms with Crippen molar-refractivity contribution in [2.45, 2.75) is 18.4 Å². The molecule has 3 heterocycles. The van der Waals surface area contributed by atoms with E-state index < -0.39 is 11.6 Å². The molecule has 1 N–H and O–H groups in total. The number of nitrogens with zero attached hydrogens (tertiary/aromatic N) is 2. The fourth-order valence-corrected chi connectivity index (χ4v) is 5.99. The Hall–Kier alpha value is -3.48. The summed E-state index contributed by atoms with van der Waals surface area (Å²) in [6.45, 7) is 2.10. The fraction of sp³-hybridized carbons (Fsp3) is 0.185. The molecular weight excluding hydrogens is 485 g/mol. The summed E-state index contributed by atoms with van der Waals surface area (Å²) in [4.78, 5) is 34.2. The molecule has 2 aliphatic heterocycles. The summed E-state index contributed by atoms with van der Waals surface area (Å²) in [6, 6.07) is 20.1. The van der Waals surface area contributed by atoms with Crippen LogP contribution in [0.15, 0.2) is 66.7 Å². The smallest absolute Gasteiger partial charge is 0.332 e. The van der Waals surface area contributed by atoms with E-state index in [4.69, 9.17) is 27.9 Å². The number of ether oxygens (including phenoxy) is 1. The largest absolute Gasteiger partial charge is 0.496 e. The van der Waals surface area contributed by atoms with Gasteiger partial charge in [-0.3, -0.25) is 4.79 Å². The molecule has 0 radical (unpaired) electrons. The van der Waals surface area contributed by atoms with Crippen molar-refractivity contribution in [1.82, 2.24) is 9.88 Å². The average Bonchev–Trinajstić information content (AvgIpc) is 3.34. The maximum absolute atomic E-state index is 14.0. The molecule has 2 atom stereocenters. The van der Waals surface area contributed by atoms with Crippen molar-refractivity contribution < 1.29 is 14.3 Å². The van der Waals surface area contributed by atoms with E-state index >= 15 is 0 Å². The molecule has 1 saturated heterocycles. The zero-order valence-electron chi connectivity index (χ0n) is 19.0. The van der Waals surface area contributed by atoms with Crippen molar-refractivity contribution in [2.75, 3.05) is 18.6 Å². The number of halogens is 2. The number of para-hydroxylation sites is 2. The maximum Gasteiger partial charge on any atom is 0.332 e. The molecule has 0 saturated carbocycles. The molecule has 4 aromatic rings. The predicted molar refractivity (Wildman–Crippen MR) is 137 cm³/mol. The number of imide groups is 1. The number of hydrogen-bond acceptors (Lipinski definition) is 3. The van der Waals surface area contributed by atoms with Crippen molar-refractivity contribution in [3.8, 4) is 5.75 Å². The van der Waals surface area contributed by atoms with Gasteiger partial charge in [0.25, 0.3) is 5.91 Å². The minimum absolute atomic E-state index is 0.206. The molecule has 3 amide bonds. The topological polar surface area (TPSA) is 65.6 Å². The second-order valence-electron chi connectivity index (χ2n) is 8.96. The molecule has 0 aliphatic carbocycles. The van der Waals surface area contributed by atoms with Crippen LogP contribution in [0, 0.1) is 0 Å². The van der Waals surface area contributed by atoms with Crippen LogP contribution in [0.5, 0.6) is 5.75 Å². The van der Waals surface area contributed by atoms with Gasteiger partial charge in [-0.2, -0.15) is 0 Å². The molecular formula is C27H21Cl2N3O3. The van der Waals surface area contributed by atoms with Crippen LogP contribution in [0.4, 0.5) is 10.5 Å². The SMILES string of the molecule is COc1ccccc1[C@@H]1CN2C(=O)N(c3ccc(Cl)cc3Cl)C(=O)[C@]2(C)c2[nH]c3ccccc3c21. The Morgan fingerprint density at radius 3 is 2.54 bits per heavy atom. The third-order valence-corrected chi connectivity index (χ3v) is 7.73. The number of aromatic amines is 1. The lowest BCUT2D eigenvalue weighted by Crippen LogP contribution is -2.50. The van der Waals surface area contributed by atoms with E-state index in [1.807, 2.05) is 48.5 Å². The summed E-state index contributed by atoms with van der Waals surface area (Å²) >= 11 is 12.5. The van der Waals surface area contributed by atoms with Gasteiger partial charge >= 0.3 is 6.03 Å². The van der Waals surface area contributed by atoms with Crippen molar-refractivity contribution in [3.05, 3.63) is 93.6 Å². The Bertz CT molecular complexity index is 1530. The van der Waals surface area contributed by atoms with Gasteiger partial charge in [0.15, 0.2) is 5.54 Å². The third kappa shape index (κ3) is 2.96. The first kappa shape index (κ1) is 22.0. The number of urea groups is 1. The highest BCUT2D eigenvalue weighted by Crippen LogP contribution is 2.52. The summed E-state index contributed by atoms with van der Waals surface area (Å²) < 4.78 is 5.68. The maximum atomic E-state index is 14.0. The number of carbonyl (C=O) groups is 2. The van der Waals surface area contributed by atoms with Gasteiger partial charge in [0.1, 0.15) is 5.75 Å². The Morgan fingerprint density at radius 2 is 1.77 bits per heavy atom. The van der Waals surface area contributed by atoms with Gasteiger partial charge < -0.3 is 14.6 Å². The van der Waals surface area contributed by atoms with Gasteiger partial charge in [0.2, 0.25) is 0 Å². The Kier molecular flexibility index (Phi) is 4.88. The molecule has 6 nitrogen and oxygen atoms in total. The van der Waals surface area contributed by atoms with E-state index in [2.05, 4.69) is 4.98 Å². The monoisotopic (exact) mass is 505 g/mol. The molecule has 1 fully saturated rings. The highest BCUT2D eigenvalue weighted by molar-refractivity contribution is 6.38. The van der Waals surface area contributed by atoms with E-state index in [9.17, 15) is 9.59 Å². The normalized spacial score (nSPS) is 21.4. The number of H-pyrrole nitrogens is 1. The number of rotatable bonds is 3. The summed E-state index contributed by atoms with van der Waals surface area (Å²) in [7, 11) is 1.64. The van der Waals surface area contributed by atoms with E-state index in [0.717, 1.165) is 27.8 Å². The lowest BCUT2D eigenvalue weighted by Gasteiger charge is -2.40. The van der Waals surface area contributed by atoms with E-state index in [1.54, 1.807) is 31.1 Å². The van der Waals surface area contributed by atoms with Crippen LogP contribution in [0.25, 0.3) is 10.9 Å². The van der Waals surface area contributed by atoms with E-state index in [1.165, 1.54) is 11.0 Å². The van der Waals surface area contributed by atoms with E-state index in [0.29, 0.717) is 22.9 Å². The Balaban J connectivity index is 1.60. The number of amides is 3. The third-order valence-electron chi connectivity index (χ3n) is 7.19. The number of anilines is 1. The molecule has 0 bridgehead atoms. The van der Waals surface area contributed by atoms with Gasteiger partial charge in [-0.05, 0) is 42.8 Å². The zero-order chi connectivity index (χ0) is 24.5. The standard InChI is InChI=1S/C27H21Cl2N3O3/c1-27-24-23(17-8-3-5-9-20(17)30-24)18(16-7-4-6-10-22(16)35-2)14-31(27)26(34)32(25(27)33)21-12-11-15(28)13-19(21)29/h3-13,18,30H,14H2,1-2H3/t18-,27-/m0/s1. The van der Waals surface area contributed by atoms with Crippen LogP contribution >= 0.6 is 23.2 Å². The lowest BCUT2D eigenvalue weighted by molar-refractivity contribution is -0.125. The molecule has 35 heavy (non-hydrogen) atoms. The van der Waals surface area contributed by atoms with Gasteiger partial charge in [-0.1, -0.05) is 59.6 Å². The van der Waals surface area contributed by atoms with Crippen LogP contribution < -0.4 is 9.64 Å². The first-order valence-corrected chi connectivity index (χ1v) is 12.0. The van der Waals surface area contributed by atoms with Crippen molar-refractivity contribution >= 4 is 51.7 Å². The number of fused-ring (bicyclic) bond motifs is 5. The summed E-state index contributed by atoms with van der Waals surface area (Å²) in [5, 5.41) is 1.68. The highest BCUT2D eigenvalue weighted by Gasteiger charge is 2.61. The number of hydrogen-bond donors (Lipinski definition) is 1. The average molecular weight is 506 g/mol. The second-order valence-corrected chi connectivity index (χ2v) is 9.80. The molecule has 0 spiro atoms. The summed E-state index contributed by atoms with van der Waals surface area (Å²) in [5.74, 6) is 0.161. The Labute approximate surface area is 212 Å². The minimum atomic E-state index is -1.23. The number of carbonyl (C=O) groups excluding carboxylic acids is 2. The lowest BCUT2D eigenvalue weighted by atomic mass is 9.78. The van der Waals surface area contributed by atoms with Gasteiger partial charge in [0.05, 0.1) is 23.5 Å². The molecule has 1 aromatic heterocycles. The quantitative estimate of drug-likeness (QED) is 0.331. The summed E-state index contributed by atoms with van der Waals surface area (Å²) in [6.07, 6.45) is 0. The molecule has 0 unspecified atom stereocenters. The van der Waals surface area contributed by atoms with Crippen molar-refractivity contribution in [1.29, 1.82) is 0 Å². The first-order valence-electron chi connectivity index (χ1n) is 11.2. The molecule has 8 heteroatoms. The van der Waals surface area contributed by atoms with Gasteiger partial charge in [-0.25, -0.2) is 9.69 Å². The van der Waals surface area contributed by atoms with Crippen molar-refractivity contribution in [2.24, 2.45) is 0 Å². The number of methoxy groups -OCH3 is 1. The van der Waals surface area contributed by atoms with Crippen LogP contribution in [0.1, 0.15) is 29.7 Å². The molecule has 176 valence electrons.